The van der Waals surface area contributed by atoms with Crippen LogP contribution in [0.5, 0.6) is 0 Å². The van der Waals surface area contributed by atoms with E-state index in [9.17, 15) is 0 Å². The van der Waals surface area contributed by atoms with Gasteiger partial charge in [-0.25, -0.2) is 7.11 Å². The Morgan fingerprint density at radius 1 is 1.36 bits per heavy atom. The molecule has 0 aromatic heterocycles. The van der Waals surface area contributed by atoms with Crippen LogP contribution in [0.25, 0.3) is 0 Å². The maximum atomic E-state index is 6.18. The van der Waals surface area contributed by atoms with Crippen molar-refractivity contribution < 1.29 is 42.2 Å². The SMILES string of the molecule is [CH2-]OCCC1(c2ccc(Cl)c(Cl)c2)CN(CCC)CCO1.[Y]. The normalized spacial score (nSPS) is 22.4. The Kier molecular flexibility index (Phi) is 9.40. The molecule has 3 nitrogen and oxygen atoms in total. The molecule has 1 atom stereocenters. The van der Waals surface area contributed by atoms with Crippen molar-refractivity contribution in [1.29, 1.82) is 0 Å². The van der Waals surface area contributed by atoms with Gasteiger partial charge < -0.3 is 9.47 Å². The van der Waals surface area contributed by atoms with E-state index in [0.717, 1.165) is 38.0 Å². The maximum absolute atomic E-state index is 6.18. The molecular weight excluding hydrogens is 398 g/mol. The third kappa shape index (κ3) is 5.14. The zero-order valence-electron chi connectivity index (χ0n) is 13.0. The van der Waals surface area contributed by atoms with Crippen LogP contribution >= 0.6 is 23.2 Å². The quantitative estimate of drug-likeness (QED) is 0.647. The van der Waals surface area contributed by atoms with Gasteiger partial charge in [0.15, 0.2) is 0 Å². The zero-order valence-corrected chi connectivity index (χ0v) is 17.3. The van der Waals surface area contributed by atoms with Gasteiger partial charge in [-0.05, 0) is 30.7 Å². The third-order valence-electron chi connectivity index (χ3n) is 3.90. The van der Waals surface area contributed by atoms with Gasteiger partial charge >= 0.3 is 0 Å². The van der Waals surface area contributed by atoms with Crippen molar-refractivity contribution in [3.63, 3.8) is 0 Å². The molecule has 1 aliphatic rings. The van der Waals surface area contributed by atoms with Crippen molar-refractivity contribution >= 4 is 23.2 Å². The molecule has 1 aliphatic heterocycles. The summed E-state index contributed by atoms with van der Waals surface area (Å²) in [5.41, 5.74) is 0.647. The van der Waals surface area contributed by atoms with Gasteiger partial charge in [0.25, 0.3) is 0 Å². The molecule has 1 aromatic rings. The first-order valence-corrected chi connectivity index (χ1v) is 8.05. The molecule has 2 rings (SSSR count). The minimum atomic E-state index is -0.403. The van der Waals surface area contributed by atoms with Crippen molar-refractivity contribution in [2.75, 3.05) is 32.8 Å². The van der Waals surface area contributed by atoms with Crippen molar-refractivity contribution in [2.45, 2.75) is 25.4 Å². The molecule has 1 saturated heterocycles. The second kappa shape index (κ2) is 9.93. The summed E-state index contributed by atoms with van der Waals surface area (Å²) in [7, 11) is 3.47. The summed E-state index contributed by atoms with van der Waals surface area (Å²) in [6.45, 7) is 6.30. The monoisotopic (exact) mass is 419 g/mol. The molecule has 1 radical (unpaired) electrons. The molecule has 0 saturated carbocycles. The van der Waals surface area contributed by atoms with Gasteiger partial charge in [0, 0.05) is 58.8 Å². The van der Waals surface area contributed by atoms with E-state index in [1.54, 1.807) is 0 Å². The molecule has 1 unspecified atom stereocenters. The number of rotatable bonds is 6. The second-order valence-corrected chi connectivity index (χ2v) is 6.22. The van der Waals surface area contributed by atoms with Crippen LogP contribution < -0.4 is 0 Å². The van der Waals surface area contributed by atoms with Crippen LogP contribution in [0.3, 0.4) is 0 Å². The fraction of sp³-hybridized carbons (Fsp3) is 0.562. The molecule has 1 aromatic carbocycles. The third-order valence-corrected chi connectivity index (χ3v) is 4.64. The van der Waals surface area contributed by atoms with Crippen LogP contribution in [0, 0.1) is 7.11 Å². The fourth-order valence-electron chi connectivity index (χ4n) is 2.85. The summed E-state index contributed by atoms with van der Waals surface area (Å²) in [5, 5.41) is 1.12. The number of nitrogens with zero attached hydrogens (tertiary/aromatic N) is 1. The zero-order chi connectivity index (χ0) is 15.3. The maximum Gasteiger partial charge on any atom is 0.108 e. The average molecular weight is 420 g/mol. The topological polar surface area (TPSA) is 21.7 Å². The van der Waals surface area contributed by atoms with E-state index < -0.39 is 5.60 Å². The standard InChI is InChI=1S/C16H22Cl2NO2.Y/c1-3-7-19-8-10-21-16(12-19,6-9-20-2)13-4-5-14(17)15(18)11-13;/h4-5,11H,2-3,6-10,12H2,1H3;/q-1;. The molecule has 6 heteroatoms. The largest absolute Gasteiger partial charge is 0.555 e. The Balaban J connectivity index is 0.00000242. The van der Waals surface area contributed by atoms with E-state index in [1.165, 1.54) is 0 Å². The van der Waals surface area contributed by atoms with Crippen molar-refractivity contribution in [1.82, 2.24) is 4.90 Å². The van der Waals surface area contributed by atoms with E-state index in [2.05, 4.69) is 18.9 Å². The van der Waals surface area contributed by atoms with Gasteiger partial charge in [0.1, 0.15) is 5.60 Å². The molecular formula is C16H22Cl2NO2Y-. The number of hydrogen-bond acceptors (Lipinski definition) is 3. The molecule has 0 N–H and O–H groups in total. The minimum absolute atomic E-state index is 0. The molecule has 0 bridgehead atoms. The molecule has 0 aliphatic carbocycles. The number of hydrogen-bond donors (Lipinski definition) is 0. The first kappa shape index (κ1) is 20.8. The van der Waals surface area contributed by atoms with Gasteiger partial charge in [0.05, 0.1) is 16.7 Å². The molecule has 22 heavy (non-hydrogen) atoms. The van der Waals surface area contributed by atoms with E-state index in [1.807, 2.05) is 18.2 Å². The summed E-state index contributed by atoms with van der Waals surface area (Å²) in [6.07, 6.45) is 1.87. The van der Waals surface area contributed by atoms with E-state index in [0.29, 0.717) is 23.3 Å². The van der Waals surface area contributed by atoms with E-state index in [-0.39, 0.29) is 32.7 Å². The van der Waals surface area contributed by atoms with Crippen LogP contribution in [0.1, 0.15) is 25.3 Å². The van der Waals surface area contributed by atoms with Crippen LogP contribution in [0.15, 0.2) is 18.2 Å². The van der Waals surface area contributed by atoms with Crippen LogP contribution in [0.2, 0.25) is 10.0 Å². The first-order chi connectivity index (χ1) is 10.1. The second-order valence-electron chi connectivity index (χ2n) is 5.41. The van der Waals surface area contributed by atoms with Gasteiger partial charge in [-0.2, -0.15) is 0 Å². The molecule has 0 spiro atoms. The fourth-order valence-corrected chi connectivity index (χ4v) is 3.15. The Morgan fingerprint density at radius 2 is 2.14 bits per heavy atom. The van der Waals surface area contributed by atoms with Gasteiger partial charge in [-0.15, -0.1) is 0 Å². The summed E-state index contributed by atoms with van der Waals surface area (Å²) in [4.78, 5) is 2.43. The molecule has 1 heterocycles. The Bertz CT molecular complexity index is 473. The summed E-state index contributed by atoms with van der Waals surface area (Å²) < 4.78 is 11.2. The van der Waals surface area contributed by atoms with Crippen LogP contribution in [-0.4, -0.2) is 37.7 Å². The van der Waals surface area contributed by atoms with Crippen molar-refractivity contribution in [3.8, 4) is 0 Å². The Labute approximate surface area is 168 Å². The number of ether oxygens (including phenoxy) is 2. The molecule has 121 valence electrons. The predicted octanol–water partition coefficient (Wildman–Crippen LogP) is 4.13. The molecule has 1 fully saturated rings. The van der Waals surface area contributed by atoms with Crippen LogP contribution in [-0.2, 0) is 47.8 Å². The number of benzene rings is 1. The van der Waals surface area contributed by atoms with Crippen molar-refractivity contribution in [2.24, 2.45) is 0 Å². The Hall–Kier alpha value is 0.784. The molecule has 0 amide bonds. The first-order valence-electron chi connectivity index (χ1n) is 7.30. The van der Waals surface area contributed by atoms with Gasteiger partial charge in [0.2, 0.25) is 0 Å². The smallest absolute Gasteiger partial charge is 0.108 e. The predicted molar refractivity (Wildman–Crippen MR) is 86.7 cm³/mol. The summed E-state index contributed by atoms with van der Waals surface area (Å²) in [5.74, 6) is 0. The Morgan fingerprint density at radius 3 is 2.77 bits per heavy atom. The average Bonchev–Trinajstić information content (AvgIpc) is 2.48. The van der Waals surface area contributed by atoms with Gasteiger partial charge in [-0.3, -0.25) is 4.90 Å². The number of morpholine rings is 1. The van der Waals surface area contributed by atoms with Crippen LogP contribution in [0.4, 0.5) is 0 Å². The van der Waals surface area contributed by atoms with Crippen molar-refractivity contribution in [3.05, 3.63) is 40.9 Å². The van der Waals surface area contributed by atoms with E-state index in [4.69, 9.17) is 32.7 Å². The van der Waals surface area contributed by atoms with Gasteiger partial charge in [-0.1, -0.05) is 36.2 Å². The minimum Gasteiger partial charge on any atom is -0.555 e. The number of halogens is 2. The van der Waals surface area contributed by atoms with E-state index >= 15 is 0 Å². The summed E-state index contributed by atoms with van der Waals surface area (Å²) >= 11 is 12.2. The summed E-state index contributed by atoms with van der Waals surface area (Å²) in [6, 6.07) is 5.73.